The molecule has 6 rings (SSSR count). The van der Waals surface area contributed by atoms with Crippen LogP contribution in [0.15, 0.2) is 93.5 Å². The molecule has 0 spiro atoms. The number of hydrogen-bond donors (Lipinski definition) is 1. The van der Waals surface area contributed by atoms with Gasteiger partial charge in [-0.2, -0.15) is 5.26 Å². The van der Waals surface area contributed by atoms with Gasteiger partial charge in [-0.1, -0.05) is 41.4 Å². The van der Waals surface area contributed by atoms with E-state index in [4.69, 9.17) is 36.2 Å². The largest absolute Gasteiger partial charge is 0.439 e. The number of fused-ring (bicyclic) bond motifs is 4. The minimum absolute atomic E-state index is 0.0600. The van der Waals surface area contributed by atoms with Crippen molar-refractivity contribution in [3.63, 3.8) is 0 Å². The van der Waals surface area contributed by atoms with Crippen molar-refractivity contribution in [3.05, 3.63) is 116 Å². The SMILES string of the molecule is Cc1ccc2oc(=O)c3c(c2c1)OC(N)=C(C#N)C3c1cc2ccccc2nc1Oc1ccc(Cl)cc1. The number of halogens is 1. The van der Waals surface area contributed by atoms with Gasteiger partial charge in [0.05, 0.1) is 22.4 Å². The molecule has 0 saturated carbocycles. The first-order chi connectivity index (χ1) is 17.9. The van der Waals surface area contributed by atoms with Crippen molar-refractivity contribution in [2.24, 2.45) is 5.73 Å². The van der Waals surface area contributed by atoms with E-state index in [2.05, 4.69) is 6.07 Å². The summed E-state index contributed by atoms with van der Waals surface area (Å²) in [5, 5.41) is 12.0. The maximum Gasteiger partial charge on any atom is 0.344 e. The quantitative estimate of drug-likeness (QED) is 0.284. The summed E-state index contributed by atoms with van der Waals surface area (Å²) in [6.45, 7) is 1.92. The highest BCUT2D eigenvalue weighted by atomic mass is 35.5. The van der Waals surface area contributed by atoms with Crippen LogP contribution in [0.1, 0.15) is 22.6 Å². The second kappa shape index (κ2) is 8.70. The molecule has 3 heterocycles. The number of allylic oxidation sites excluding steroid dienone is 1. The van der Waals surface area contributed by atoms with Crippen molar-refractivity contribution in [2.75, 3.05) is 0 Å². The van der Waals surface area contributed by atoms with Crippen LogP contribution < -0.4 is 20.8 Å². The van der Waals surface area contributed by atoms with Gasteiger partial charge in [0, 0.05) is 16.0 Å². The molecule has 0 bridgehead atoms. The van der Waals surface area contributed by atoms with Crippen LogP contribution in [-0.4, -0.2) is 4.98 Å². The number of aryl methyl sites for hydroxylation is 1. The highest BCUT2D eigenvalue weighted by Gasteiger charge is 2.38. The lowest BCUT2D eigenvalue weighted by molar-refractivity contribution is 0.385. The van der Waals surface area contributed by atoms with Gasteiger partial charge in [0.15, 0.2) is 5.75 Å². The Balaban J connectivity index is 1.66. The maximum atomic E-state index is 13.4. The summed E-state index contributed by atoms with van der Waals surface area (Å²) in [7, 11) is 0. The molecule has 0 radical (unpaired) electrons. The third-order valence-corrected chi connectivity index (χ3v) is 6.53. The molecule has 180 valence electrons. The molecule has 0 fully saturated rings. The van der Waals surface area contributed by atoms with Gasteiger partial charge in [0.1, 0.15) is 23.0 Å². The van der Waals surface area contributed by atoms with Crippen LogP contribution in [0.25, 0.3) is 21.9 Å². The zero-order valence-electron chi connectivity index (χ0n) is 19.5. The van der Waals surface area contributed by atoms with E-state index in [1.165, 1.54) is 0 Å². The summed E-state index contributed by atoms with van der Waals surface area (Å²) < 4.78 is 17.8. The summed E-state index contributed by atoms with van der Waals surface area (Å²) in [6, 6.07) is 23.7. The maximum absolute atomic E-state index is 13.4. The number of aromatic nitrogens is 1. The second-order valence-corrected chi connectivity index (χ2v) is 9.12. The molecule has 2 N–H and O–H groups in total. The molecule has 1 aliphatic rings. The van der Waals surface area contributed by atoms with Gasteiger partial charge in [0.25, 0.3) is 0 Å². The first-order valence-corrected chi connectivity index (χ1v) is 11.8. The van der Waals surface area contributed by atoms with Crippen LogP contribution in [-0.2, 0) is 0 Å². The van der Waals surface area contributed by atoms with Gasteiger partial charge < -0.3 is 19.6 Å². The molecule has 37 heavy (non-hydrogen) atoms. The average Bonchev–Trinajstić information content (AvgIpc) is 2.89. The van der Waals surface area contributed by atoms with E-state index in [1.54, 1.807) is 30.3 Å². The number of benzene rings is 3. The number of para-hydroxylation sites is 1. The van der Waals surface area contributed by atoms with Gasteiger partial charge in [-0.05, 0) is 55.5 Å². The standard InChI is InChI=1S/C29H18ClN3O4/c1-15-6-11-23-19(12-15)26-25(29(34)36-23)24(21(14-31)27(32)37-26)20-13-16-4-2-3-5-22(16)33-28(20)35-18-9-7-17(30)8-10-18/h2-13,24H,32H2,1H3. The highest BCUT2D eigenvalue weighted by molar-refractivity contribution is 6.30. The lowest BCUT2D eigenvalue weighted by Gasteiger charge is -2.27. The zero-order chi connectivity index (χ0) is 25.7. The Kier molecular flexibility index (Phi) is 5.32. The normalized spacial score (nSPS) is 14.8. The molecular formula is C29H18ClN3O4. The Hall–Kier alpha value is -4.80. The molecular weight excluding hydrogens is 490 g/mol. The summed E-state index contributed by atoms with van der Waals surface area (Å²) in [5.74, 6) is -0.0871. The van der Waals surface area contributed by atoms with E-state index in [-0.39, 0.29) is 28.6 Å². The van der Waals surface area contributed by atoms with Gasteiger partial charge in [-0.25, -0.2) is 9.78 Å². The summed E-state index contributed by atoms with van der Waals surface area (Å²) in [4.78, 5) is 18.1. The number of nitriles is 1. The number of ether oxygens (including phenoxy) is 2. The van der Waals surface area contributed by atoms with E-state index in [1.807, 2.05) is 49.4 Å². The third kappa shape index (κ3) is 3.84. The van der Waals surface area contributed by atoms with Crippen molar-refractivity contribution < 1.29 is 13.9 Å². The van der Waals surface area contributed by atoms with E-state index in [0.29, 0.717) is 32.8 Å². The molecule has 2 aromatic heterocycles. The summed E-state index contributed by atoms with van der Waals surface area (Å²) in [6.07, 6.45) is 0. The van der Waals surface area contributed by atoms with Gasteiger partial charge in [0.2, 0.25) is 11.8 Å². The van der Waals surface area contributed by atoms with Gasteiger partial charge in [-0.15, -0.1) is 0 Å². The van der Waals surface area contributed by atoms with Crippen LogP contribution in [0.5, 0.6) is 17.4 Å². The zero-order valence-corrected chi connectivity index (χ0v) is 20.2. The van der Waals surface area contributed by atoms with Crippen LogP contribution in [0.3, 0.4) is 0 Å². The number of rotatable bonds is 3. The minimum atomic E-state index is -0.936. The number of pyridine rings is 1. The van der Waals surface area contributed by atoms with E-state index >= 15 is 0 Å². The van der Waals surface area contributed by atoms with Gasteiger partial charge in [-0.3, -0.25) is 0 Å². The van der Waals surface area contributed by atoms with Crippen molar-refractivity contribution in [2.45, 2.75) is 12.8 Å². The monoisotopic (exact) mass is 507 g/mol. The van der Waals surface area contributed by atoms with Crippen LogP contribution in [0.4, 0.5) is 0 Å². The predicted molar refractivity (Wildman–Crippen MR) is 140 cm³/mol. The fraction of sp³-hybridized carbons (Fsp3) is 0.0690. The van der Waals surface area contributed by atoms with Crippen molar-refractivity contribution in [1.82, 2.24) is 4.98 Å². The molecule has 0 aliphatic carbocycles. The van der Waals surface area contributed by atoms with Crippen LogP contribution in [0.2, 0.25) is 5.02 Å². The Morgan fingerprint density at radius 3 is 2.65 bits per heavy atom. The molecule has 0 saturated heterocycles. The Labute approximate surface area is 215 Å². The topological polar surface area (TPSA) is 111 Å². The van der Waals surface area contributed by atoms with E-state index in [9.17, 15) is 10.1 Å². The van der Waals surface area contributed by atoms with Gasteiger partial charge >= 0.3 is 5.63 Å². The number of nitrogens with two attached hydrogens (primary N) is 1. The molecule has 0 amide bonds. The first kappa shape index (κ1) is 22.7. The minimum Gasteiger partial charge on any atom is -0.439 e. The Bertz CT molecular complexity index is 1850. The molecule has 1 unspecified atom stereocenters. The lowest BCUT2D eigenvalue weighted by atomic mass is 9.83. The Morgan fingerprint density at radius 2 is 1.86 bits per heavy atom. The van der Waals surface area contributed by atoms with Crippen LogP contribution in [0, 0.1) is 18.3 Å². The van der Waals surface area contributed by atoms with E-state index < -0.39 is 11.5 Å². The predicted octanol–water partition coefficient (Wildman–Crippen LogP) is 6.31. The molecule has 3 aromatic carbocycles. The molecule has 5 aromatic rings. The molecule has 7 nitrogen and oxygen atoms in total. The Morgan fingerprint density at radius 1 is 1.08 bits per heavy atom. The van der Waals surface area contributed by atoms with E-state index in [0.717, 1.165) is 10.9 Å². The van der Waals surface area contributed by atoms with Crippen molar-refractivity contribution in [1.29, 1.82) is 5.26 Å². The fourth-order valence-electron chi connectivity index (χ4n) is 4.56. The first-order valence-electron chi connectivity index (χ1n) is 11.4. The molecule has 1 atom stereocenters. The smallest absolute Gasteiger partial charge is 0.344 e. The summed E-state index contributed by atoms with van der Waals surface area (Å²) in [5.41, 5.74) is 8.29. The van der Waals surface area contributed by atoms with Crippen LogP contribution >= 0.6 is 11.6 Å². The fourth-order valence-corrected chi connectivity index (χ4v) is 4.69. The lowest BCUT2D eigenvalue weighted by Crippen LogP contribution is -2.26. The number of nitrogens with zero attached hydrogens (tertiary/aromatic N) is 2. The highest BCUT2D eigenvalue weighted by Crippen LogP contribution is 2.46. The third-order valence-electron chi connectivity index (χ3n) is 6.28. The average molecular weight is 508 g/mol. The van der Waals surface area contributed by atoms with Crippen molar-refractivity contribution in [3.8, 4) is 23.4 Å². The summed E-state index contributed by atoms with van der Waals surface area (Å²) >= 11 is 6.05. The second-order valence-electron chi connectivity index (χ2n) is 8.69. The van der Waals surface area contributed by atoms with Crippen molar-refractivity contribution >= 4 is 33.5 Å². The molecule has 8 heteroatoms. The molecule has 1 aliphatic heterocycles. The number of hydrogen-bond acceptors (Lipinski definition) is 7.